The Morgan fingerprint density at radius 2 is 1.89 bits per heavy atom. The van der Waals surface area contributed by atoms with Crippen LogP contribution in [0.2, 0.25) is 0 Å². The van der Waals surface area contributed by atoms with Crippen molar-refractivity contribution in [2.24, 2.45) is 0 Å². The fraction of sp³-hybridized carbons (Fsp3) is 0.263. The average Bonchev–Trinajstić information content (AvgIpc) is 2.91. The number of anilines is 1. The molecule has 0 saturated heterocycles. The number of carbonyl (C=O) groups excluding carboxylic acids is 2. The molecule has 1 aliphatic rings. The molecule has 0 radical (unpaired) electrons. The summed E-state index contributed by atoms with van der Waals surface area (Å²) in [7, 11) is 1.31. The van der Waals surface area contributed by atoms with Crippen molar-refractivity contribution >= 4 is 33.5 Å². The van der Waals surface area contributed by atoms with Crippen LogP contribution in [0.4, 0.5) is 5.69 Å². The zero-order valence-electron chi connectivity index (χ0n) is 14.6. The van der Waals surface area contributed by atoms with Crippen LogP contribution in [0.1, 0.15) is 16.8 Å². The van der Waals surface area contributed by atoms with Gasteiger partial charge in [0.05, 0.1) is 30.4 Å². The summed E-state index contributed by atoms with van der Waals surface area (Å²) in [5.74, 6) is 0.933. The lowest BCUT2D eigenvalue weighted by Crippen LogP contribution is -2.20. The highest BCUT2D eigenvalue weighted by Crippen LogP contribution is 2.32. The maximum atomic E-state index is 12.2. The molecule has 2 aromatic carbocycles. The Morgan fingerprint density at radius 3 is 2.63 bits per heavy atom. The number of ether oxygens (including phenoxy) is 4. The molecule has 0 bridgehead atoms. The van der Waals surface area contributed by atoms with Crippen molar-refractivity contribution in [2.45, 2.75) is 6.42 Å². The monoisotopic (exact) mass is 435 g/mol. The van der Waals surface area contributed by atoms with Crippen molar-refractivity contribution in [3.63, 3.8) is 0 Å². The van der Waals surface area contributed by atoms with Crippen molar-refractivity contribution in [3.05, 3.63) is 46.4 Å². The second-order valence-electron chi connectivity index (χ2n) is 5.69. The van der Waals surface area contributed by atoms with Crippen LogP contribution in [0, 0.1) is 0 Å². The van der Waals surface area contributed by atoms with Gasteiger partial charge in [0.1, 0.15) is 5.75 Å². The summed E-state index contributed by atoms with van der Waals surface area (Å²) in [6.45, 7) is 0.990. The van der Waals surface area contributed by atoms with Crippen molar-refractivity contribution in [2.75, 3.05) is 32.2 Å². The second kappa shape index (κ2) is 8.77. The first-order valence-electron chi connectivity index (χ1n) is 8.27. The van der Waals surface area contributed by atoms with Gasteiger partial charge in [-0.3, -0.25) is 4.79 Å². The van der Waals surface area contributed by atoms with Crippen molar-refractivity contribution in [1.82, 2.24) is 0 Å². The van der Waals surface area contributed by atoms with Crippen LogP contribution in [0.3, 0.4) is 0 Å². The van der Waals surface area contributed by atoms with Gasteiger partial charge in [-0.25, -0.2) is 4.79 Å². The number of fused-ring (bicyclic) bond motifs is 1. The lowest BCUT2D eigenvalue weighted by molar-refractivity contribution is -0.118. The number of rotatable bonds is 5. The molecule has 0 aliphatic carbocycles. The Labute approximate surface area is 164 Å². The Morgan fingerprint density at radius 1 is 1.11 bits per heavy atom. The summed E-state index contributed by atoms with van der Waals surface area (Å²) in [4.78, 5) is 23.7. The minimum Gasteiger partial charge on any atom is -0.490 e. The normalized spacial score (nSPS) is 12.7. The van der Waals surface area contributed by atoms with Gasteiger partial charge < -0.3 is 24.3 Å². The zero-order valence-corrected chi connectivity index (χ0v) is 16.2. The van der Waals surface area contributed by atoms with E-state index in [0.717, 1.165) is 6.42 Å². The molecule has 7 nitrogen and oxygen atoms in total. The number of benzene rings is 2. The Hall–Kier alpha value is -2.74. The van der Waals surface area contributed by atoms with Crippen LogP contribution < -0.4 is 19.5 Å². The number of halogens is 1. The smallest absolute Gasteiger partial charge is 0.337 e. The van der Waals surface area contributed by atoms with E-state index in [2.05, 4.69) is 26.0 Å². The third-order valence-corrected chi connectivity index (χ3v) is 4.36. The van der Waals surface area contributed by atoms with E-state index in [4.69, 9.17) is 14.2 Å². The largest absolute Gasteiger partial charge is 0.490 e. The van der Waals surface area contributed by atoms with E-state index in [-0.39, 0.29) is 12.5 Å². The van der Waals surface area contributed by atoms with E-state index in [1.165, 1.54) is 7.11 Å². The molecule has 0 unspecified atom stereocenters. The first-order valence-corrected chi connectivity index (χ1v) is 9.06. The summed E-state index contributed by atoms with van der Waals surface area (Å²) in [5, 5.41) is 2.75. The van der Waals surface area contributed by atoms with Crippen molar-refractivity contribution in [1.29, 1.82) is 0 Å². The molecule has 27 heavy (non-hydrogen) atoms. The molecule has 0 fully saturated rings. The molecule has 2 aromatic rings. The van der Waals surface area contributed by atoms with E-state index in [1.54, 1.807) is 36.4 Å². The molecule has 0 spiro atoms. The van der Waals surface area contributed by atoms with Gasteiger partial charge >= 0.3 is 5.97 Å². The van der Waals surface area contributed by atoms with Gasteiger partial charge in [0.15, 0.2) is 18.1 Å². The minimum atomic E-state index is -0.450. The highest BCUT2D eigenvalue weighted by atomic mass is 79.9. The van der Waals surface area contributed by atoms with Crippen LogP contribution in [-0.4, -0.2) is 38.8 Å². The van der Waals surface area contributed by atoms with Gasteiger partial charge in [0, 0.05) is 18.2 Å². The molecule has 0 atom stereocenters. The van der Waals surface area contributed by atoms with E-state index in [0.29, 0.717) is 46.2 Å². The average molecular weight is 436 g/mol. The molecule has 142 valence electrons. The molecule has 1 heterocycles. The second-order valence-corrected chi connectivity index (χ2v) is 6.54. The molecule has 0 aromatic heterocycles. The number of nitrogens with one attached hydrogen (secondary N) is 1. The molecular weight excluding hydrogens is 418 g/mol. The van der Waals surface area contributed by atoms with Crippen LogP contribution in [0.5, 0.6) is 17.2 Å². The SMILES string of the molecule is COC(=O)c1ccc(OCC(=O)Nc2ccc3c(c2)OCCCO3)c(Br)c1. The first kappa shape index (κ1) is 19.0. The molecule has 1 N–H and O–H groups in total. The Bertz CT molecular complexity index is 854. The summed E-state index contributed by atoms with van der Waals surface area (Å²) >= 11 is 3.32. The number of amides is 1. The van der Waals surface area contributed by atoms with Crippen LogP contribution >= 0.6 is 15.9 Å². The summed E-state index contributed by atoms with van der Waals surface area (Å²) in [6, 6.07) is 9.96. The topological polar surface area (TPSA) is 83.1 Å². The van der Waals surface area contributed by atoms with Crippen LogP contribution in [0.15, 0.2) is 40.9 Å². The first-order chi connectivity index (χ1) is 13.1. The number of methoxy groups -OCH3 is 1. The molecule has 1 aliphatic heterocycles. The predicted octanol–water partition coefficient (Wildman–Crippen LogP) is 3.41. The molecule has 3 rings (SSSR count). The van der Waals surface area contributed by atoms with E-state index < -0.39 is 5.97 Å². The van der Waals surface area contributed by atoms with Crippen LogP contribution in [-0.2, 0) is 9.53 Å². The highest BCUT2D eigenvalue weighted by molar-refractivity contribution is 9.10. The lowest BCUT2D eigenvalue weighted by Gasteiger charge is -2.12. The van der Waals surface area contributed by atoms with Gasteiger partial charge in [0.25, 0.3) is 5.91 Å². The summed E-state index contributed by atoms with van der Waals surface area (Å²) in [5.41, 5.74) is 0.973. The fourth-order valence-electron chi connectivity index (χ4n) is 2.44. The molecule has 0 saturated carbocycles. The van der Waals surface area contributed by atoms with Gasteiger partial charge in [0.2, 0.25) is 0 Å². The number of hydrogen-bond donors (Lipinski definition) is 1. The standard InChI is InChI=1S/C19H18BrNO6/c1-24-19(23)12-3-5-15(14(20)9-12)27-11-18(22)21-13-4-6-16-17(10-13)26-8-2-7-25-16/h3-6,9-10H,2,7-8,11H2,1H3,(H,21,22). The van der Waals surface area contributed by atoms with Gasteiger partial charge in [-0.1, -0.05) is 0 Å². The fourth-order valence-corrected chi connectivity index (χ4v) is 2.94. The third kappa shape index (κ3) is 4.91. The number of hydrogen-bond acceptors (Lipinski definition) is 6. The molecule has 1 amide bonds. The molecule has 8 heteroatoms. The predicted molar refractivity (Wildman–Crippen MR) is 102 cm³/mol. The van der Waals surface area contributed by atoms with Crippen molar-refractivity contribution in [3.8, 4) is 17.2 Å². The summed E-state index contributed by atoms with van der Waals surface area (Å²) in [6.07, 6.45) is 0.813. The third-order valence-electron chi connectivity index (χ3n) is 3.74. The van der Waals surface area contributed by atoms with E-state index in [9.17, 15) is 9.59 Å². The Balaban J connectivity index is 1.58. The lowest BCUT2D eigenvalue weighted by atomic mass is 10.2. The maximum absolute atomic E-state index is 12.2. The van der Waals surface area contributed by atoms with Crippen molar-refractivity contribution < 1.29 is 28.5 Å². The van der Waals surface area contributed by atoms with Gasteiger partial charge in [-0.05, 0) is 46.3 Å². The highest BCUT2D eigenvalue weighted by Gasteiger charge is 2.13. The Kier molecular flexibility index (Phi) is 6.18. The van der Waals surface area contributed by atoms with E-state index in [1.807, 2.05) is 0 Å². The van der Waals surface area contributed by atoms with Gasteiger partial charge in [-0.2, -0.15) is 0 Å². The van der Waals surface area contributed by atoms with E-state index >= 15 is 0 Å². The zero-order chi connectivity index (χ0) is 19.2. The van der Waals surface area contributed by atoms with Crippen LogP contribution in [0.25, 0.3) is 0 Å². The van der Waals surface area contributed by atoms with Gasteiger partial charge in [-0.15, -0.1) is 0 Å². The number of esters is 1. The minimum absolute atomic E-state index is 0.190. The maximum Gasteiger partial charge on any atom is 0.337 e. The quantitative estimate of drug-likeness (QED) is 0.724. The number of carbonyl (C=O) groups is 2. The molecular formula is C19H18BrNO6. The summed E-state index contributed by atoms with van der Waals surface area (Å²) < 4.78 is 21.9.